The van der Waals surface area contributed by atoms with Crippen LogP contribution in [-0.2, 0) is 4.74 Å². The number of hydrogen-bond acceptors (Lipinski definition) is 6. The van der Waals surface area contributed by atoms with Crippen molar-refractivity contribution in [2.45, 2.75) is 18.4 Å². The number of carbonyl (C=O) groups is 1. The number of benzene rings is 1. The zero-order valence-corrected chi connectivity index (χ0v) is 14.3. The molecule has 3 rings (SSSR count). The first-order valence-corrected chi connectivity index (χ1v) is 8.04. The summed E-state index contributed by atoms with van der Waals surface area (Å²) in [6.45, 7) is 0. The lowest BCUT2D eigenvalue weighted by Gasteiger charge is -2.08. The van der Waals surface area contributed by atoms with Crippen molar-refractivity contribution in [3.63, 3.8) is 0 Å². The first-order valence-electron chi connectivity index (χ1n) is 7.25. The van der Waals surface area contributed by atoms with Crippen LogP contribution in [0.3, 0.4) is 0 Å². The van der Waals surface area contributed by atoms with Gasteiger partial charge in [-0.05, 0) is 18.1 Å². The molecule has 124 valence electrons. The Morgan fingerprint density at radius 3 is 2.88 bits per heavy atom. The van der Waals surface area contributed by atoms with Gasteiger partial charge in [-0.2, -0.15) is 0 Å². The predicted molar refractivity (Wildman–Crippen MR) is 91.1 cm³/mol. The van der Waals surface area contributed by atoms with E-state index in [0.29, 0.717) is 0 Å². The van der Waals surface area contributed by atoms with Crippen molar-refractivity contribution >= 4 is 33.4 Å². The number of rotatable bonds is 5. The molecule has 0 radical (unpaired) electrons. The summed E-state index contributed by atoms with van der Waals surface area (Å²) in [6, 6.07) is 9.14. The second-order valence-electron chi connectivity index (χ2n) is 5.45. The highest BCUT2D eigenvalue weighted by atomic mass is 79.9. The fourth-order valence-corrected chi connectivity index (χ4v) is 3.16. The van der Waals surface area contributed by atoms with Crippen LogP contribution in [0.4, 0.5) is 11.5 Å². The number of aromatic nitrogens is 1. The molecule has 7 nitrogen and oxygen atoms in total. The number of methoxy groups -OCH3 is 1. The molecule has 0 aliphatic heterocycles. The molecule has 2 atom stereocenters. The summed E-state index contributed by atoms with van der Waals surface area (Å²) < 4.78 is 5.58. The van der Waals surface area contributed by atoms with Gasteiger partial charge in [-0.3, -0.25) is 10.1 Å². The normalized spacial score (nSPS) is 18.8. The third-order valence-corrected chi connectivity index (χ3v) is 4.62. The van der Waals surface area contributed by atoms with E-state index >= 15 is 0 Å². The summed E-state index contributed by atoms with van der Waals surface area (Å²) >= 11 is 3.52. The number of esters is 1. The number of hydrogen-bond donors (Lipinski definition) is 1. The van der Waals surface area contributed by atoms with Crippen LogP contribution >= 0.6 is 15.9 Å². The van der Waals surface area contributed by atoms with Gasteiger partial charge in [-0.25, -0.2) is 9.78 Å². The fraction of sp³-hybridized carbons (Fsp3) is 0.250. The molecule has 1 aliphatic carbocycles. The molecule has 24 heavy (non-hydrogen) atoms. The molecule has 1 fully saturated rings. The lowest BCUT2D eigenvalue weighted by atomic mass is 10.1. The Bertz CT molecular complexity index is 812. The van der Waals surface area contributed by atoms with E-state index in [4.69, 9.17) is 0 Å². The molecule has 2 unspecified atom stereocenters. The summed E-state index contributed by atoms with van der Waals surface area (Å²) in [6.07, 6.45) is 2.14. The van der Waals surface area contributed by atoms with Crippen molar-refractivity contribution in [3.05, 3.63) is 62.2 Å². The standard InChI is InChI=1S/C16H14BrN3O4/c1-24-16(21)9-6-14(20(22)23)15(18-8-9)19-13-7-11(13)10-4-2-3-5-12(10)17/h2-6,8,11,13H,7H2,1H3,(H,18,19). The Kier molecular flexibility index (Phi) is 4.48. The van der Waals surface area contributed by atoms with Crippen LogP contribution in [0.25, 0.3) is 0 Å². The van der Waals surface area contributed by atoms with Gasteiger partial charge in [-0.1, -0.05) is 34.1 Å². The Hall–Kier alpha value is -2.48. The first kappa shape index (κ1) is 16.4. The molecule has 2 aromatic rings. The Morgan fingerprint density at radius 1 is 1.46 bits per heavy atom. The molecule has 0 spiro atoms. The average molecular weight is 392 g/mol. The van der Waals surface area contributed by atoms with Gasteiger partial charge in [0, 0.05) is 28.7 Å². The van der Waals surface area contributed by atoms with Crippen molar-refractivity contribution < 1.29 is 14.5 Å². The minimum Gasteiger partial charge on any atom is -0.465 e. The van der Waals surface area contributed by atoms with E-state index < -0.39 is 10.9 Å². The summed E-state index contributed by atoms with van der Waals surface area (Å²) in [7, 11) is 1.22. The Morgan fingerprint density at radius 2 is 2.21 bits per heavy atom. The predicted octanol–water partition coefficient (Wildman–Crippen LogP) is 3.51. The fourth-order valence-electron chi connectivity index (χ4n) is 2.58. The zero-order chi connectivity index (χ0) is 17.3. The van der Waals surface area contributed by atoms with Gasteiger partial charge in [0.1, 0.15) is 0 Å². The van der Waals surface area contributed by atoms with Crippen LogP contribution in [0.5, 0.6) is 0 Å². The minimum absolute atomic E-state index is 0.0490. The Balaban J connectivity index is 1.80. The van der Waals surface area contributed by atoms with Crippen molar-refractivity contribution in [2.24, 2.45) is 0 Å². The number of carbonyl (C=O) groups excluding carboxylic acids is 1. The lowest BCUT2D eigenvalue weighted by Crippen LogP contribution is -2.10. The van der Waals surface area contributed by atoms with Crippen LogP contribution < -0.4 is 5.32 Å². The van der Waals surface area contributed by atoms with E-state index in [-0.39, 0.29) is 29.0 Å². The van der Waals surface area contributed by atoms with Crippen molar-refractivity contribution in [2.75, 3.05) is 12.4 Å². The number of ether oxygens (including phenoxy) is 1. The zero-order valence-electron chi connectivity index (χ0n) is 12.7. The van der Waals surface area contributed by atoms with Gasteiger partial charge in [0.15, 0.2) is 0 Å². The SMILES string of the molecule is COC(=O)c1cnc(NC2CC2c2ccccc2Br)c([N+](=O)[O-])c1. The highest BCUT2D eigenvalue weighted by Gasteiger charge is 2.40. The molecule has 1 heterocycles. The minimum atomic E-state index is -0.658. The van der Waals surface area contributed by atoms with Crippen LogP contribution in [0.2, 0.25) is 0 Å². The quantitative estimate of drug-likeness (QED) is 0.476. The molecule has 1 saturated carbocycles. The van der Waals surface area contributed by atoms with E-state index in [1.54, 1.807) is 0 Å². The van der Waals surface area contributed by atoms with Gasteiger partial charge in [0.25, 0.3) is 0 Å². The number of nitro groups is 1. The van der Waals surface area contributed by atoms with E-state index in [1.165, 1.54) is 19.4 Å². The van der Waals surface area contributed by atoms with E-state index in [0.717, 1.165) is 16.5 Å². The second-order valence-corrected chi connectivity index (χ2v) is 6.31. The van der Waals surface area contributed by atoms with E-state index in [9.17, 15) is 14.9 Å². The van der Waals surface area contributed by atoms with E-state index in [2.05, 4.69) is 31.0 Å². The highest BCUT2D eigenvalue weighted by Crippen LogP contribution is 2.46. The summed E-state index contributed by atoms with van der Waals surface area (Å²) in [5.74, 6) is -0.232. The van der Waals surface area contributed by atoms with Crippen LogP contribution in [0.1, 0.15) is 28.3 Å². The number of pyridine rings is 1. The molecule has 8 heteroatoms. The summed E-state index contributed by atoms with van der Waals surface area (Å²) in [5, 5.41) is 14.4. The molecule has 1 aromatic carbocycles. The topological polar surface area (TPSA) is 94.4 Å². The van der Waals surface area contributed by atoms with Gasteiger partial charge < -0.3 is 10.1 Å². The van der Waals surface area contributed by atoms with Crippen molar-refractivity contribution in [1.29, 1.82) is 0 Å². The average Bonchev–Trinajstić information content (AvgIpc) is 3.33. The smallest absolute Gasteiger partial charge is 0.339 e. The summed E-state index contributed by atoms with van der Waals surface area (Å²) in [5.41, 5.74) is 0.965. The number of anilines is 1. The number of halogens is 1. The van der Waals surface area contributed by atoms with Crippen LogP contribution in [0, 0.1) is 10.1 Å². The molecule has 1 aliphatic rings. The molecule has 0 bridgehead atoms. The molecular formula is C16H14BrN3O4. The second kappa shape index (κ2) is 6.56. The van der Waals surface area contributed by atoms with Crippen LogP contribution in [-0.4, -0.2) is 29.0 Å². The maximum atomic E-state index is 11.5. The molecule has 0 amide bonds. The first-order chi connectivity index (χ1) is 11.5. The number of nitrogens with zero attached hydrogens (tertiary/aromatic N) is 2. The van der Waals surface area contributed by atoms with Gasteiger partial charge in [0.2, 0.25) is 5.82 Å². The Labute approximate surface area is 146 Å². The van der Waals surface area contributed by atoms with Crippen molar-refractivity contribution in [1.82, 2.24) is 4.98 Å². The maximum absolute atomic E-state index is 11.5. The van der Waals surface area contributed by atoms with Gasteiger partial charge >= 0.3 is 11.7 Å². The molecular weight excluding hydrogens is 378 g/mol. The molecule has 1 aromatic heterocycles. The maximum Gasteiger partial charge on any atom is 0.339 e. The van der Waals surface area contributed by atoms with Crippen LogP contribution in [0.15, 0.2) is 41.0 Å². The number of nitrogens with one attached hydrogen (secondary N) is 1. The third kappa shape index (κ3) is 3.23. The van der Waals surface area contributed by atoms with E-state index in [1.807, 2.05) is 24.3 Å². The summed E-state index contributed by atoms with van der Waals surface area (Å²) in [4.78, 5) is 26.2. The van der Waals surface area contributed by atoms with Gasteiger partial charge in [-0.15, -0.1) is 0 Å². The molecule has 0 saturated heterocycles. The van der Waals surface area contributed by atoms with Gasteiger partial charge in [0.05, 0.1) is 17.6 Å². The lowest BCUT2D eigenvalue weighted by molar-refractivity contribution is -0.384. The monoisotopic (exact) mass is 391 g/mol. The molecule has 1 N–H and O–H groups in total. The largest absolute Gasteiger partial charge is 0.465 e. The van der Waals surface area contributed by atoms with Crippen molar-refractivity contribution in [3.8, 4) is 0 Å². The highest BCUT2D eigenvalue weighted by molar-refractivity contribution is 9.10. The third-order valence-electron chi connectivity index (χ3n) is 3.90.